The fourth-order valence-corrected chi connectivity index (χ4v) is 2.83. The number of carbonyl (C=O) groups is 2. The second-order valence-electron chi connectivity index (χ2n) is 5.44. The Morgan fingerprint density at radius 2 is 1.57 bits per heavy atom. The van der Waals surface area contributed by atoms with Crippen molar-refractivity contribution in [2.75, 3.05) is 27.9 Å². The van der Waals surface area contributed by atoms with Gasteiger partial charge in [0.2, 0.25) is 5.78 Å². The van der Waals surface area contributed by atoms with E-state index >= 15 is 0 Å². The number of benzene rings is 2. The highest BCUT2D eigenvalue weighted by Gasteiger charge is 2.13. The number of ether oxygens (including phenoxy) is 4. The molecule has 0 aliphatic carbocycles. The van der Waals surface area contributed by atoms with E-state index < -0.39 is 18.4 Å². The van der Waals surface area contributed by atoms with E-state index in [-0.39, 0.29) is 10.6 Å². The highest BCUT2D eigenvalue weighted by atomic mass is 35.5. The van der Waals surface area contributed by atoms with Gasteiger partial charge >= 0.3 is 5.97 Å². The summed E-state index contributed by atoms with van der Waals surface area (Å²) in [5, 5.41) is 0.601. The Hall–Kier alpha value is -2.70. The Morgan fingerprint density at radius 3 is 2.18 bits per heavy atom. The number of halogens is 2. The summed E-state index contributed by atoms with van der Waals surface area (Å²) in [5.41, 5.74) is 0.800. The van der Waals surface area contributed by atoms with Gasteiger partial charge in [0.25, 0.3) is 0 Å². The van der Waals surface area contributed by atoms with Crippen molar-refractivity contribution in [3.63, 3.8) is 0 Å². The summed E-state index contributed by atoms with van der Waals surface area (Å²) in [6, 6.07) is 7.74. The highest BCUT2D eigenvalue weighted by molar-refractivity contribution is 6.36. The molecule has 0 atom stereocenters. The molecule has 0 fully saturated rings. The lowest BCUT2D eigenvalue weighted by atomic mass is 10.1. The maximum Gasteiger partial charge on any atom is 0.331 e. The molecule has 0 aliphatic heterocycles. The molecule has 0 N–H and O–H groups in total. The second kappa shape index (κ2) is 10.0. The van der Waals surface area contributed by atoms with Crippen LogP contribution in [0.15, 0.2) is 36.4 Å². The van der Waals surface area contributed by atoms with Crippen molar-refractivity contribution < 1.29 is 28.5 Å². The highest BCUT2D eigenvalue weighted by Crippen LogP contribution is 2.35. The van der Waals surface area contributed by atoms with Gasteiger partial charge in [0, 0.05) is 28.3 Å². The average Bonchev–Trinajstić information content (AvgIpc) is 2.69. The van der Waals surface area contributed by atoms with Gasteiger partial charge in [0.1, 0.15) is 5.75 Å². The number of hydrogen-bond donors (Lipinski definition) is 0. The molecule has 0 spiro atoms. The van der Waals surface area contributed by atoms with Gasteiger partial charge in [-0.3, -0.25) is 4.79 Å². The lowest BCUT2D eigenvalue weighted by molar-refractivity contribution is -0.136. The second-order valence-corrected chi connectivity index (χ2v) is 6.28. The monoisotopic (exact) mass is 424 g/mol. The first-order chi connectivity index (χ1) is 13.4. The van der Waals surface area contributed by atoms with E-state index in [1.54, 1.807) is 12.1 Å². The van der Waals surface area contributed by atoms with Crippen molar-refractivity contribution in [1.29, 1.82) is 0 Å². The minimum Gasteiger partial charge on any atom is -0.496 e. The van der Waals surface area contributed by atoms with Crippen LogP contribution in [0.2, 0.25) is 10.0 Å². The van der Waals surface area contributed by atoms with E-state index in [0.717, 1.165) is 0 Å². The molecule has 0 saturated carbocycles. The van der Waals surface area contributed by atoms with Crippen LogP contribution in [0.1, 0.15) is 15.9 Å². The number of carbonyl (C=O) groups excluding carboxylic acids is 2. The van der Waals surface area contributed by atoms with E-state index in [1.165, 1.54) is 51.7 Å². The van der Waals surface area contributed by atoms with Gasteiger partial charge in [-0.25, -0.2) is 4.79 Å². The van der Waals surface area contributed by atoms with Crippen molar-refractivity contribution in [1.82, 2.24) is 0 Å². The Morgan fingerprint density at radius 1 is 0.929 bits per heavy atom. The summed E-state index contributed by atoms with van der Waals surface area (Å²) in [4.78, 5) is 24.1. The minimum atomic E-state index is -0.699. The third-order valence-electron chi connectivity index (χ3n) is 3.71. The quantitative estimate of drug-likeness (QED) is 0.353. The zero-order chi connectivity index (χ0) is 20.7. The van der Waals surface area contributed by atoms with Crippen LogP contribution >= 0.6 is 23.2 Å². The molecule has 0 aliphatic rings. The first-order valence-electron chi connectivity index (χ1n) is 8.02. The number of methoxy groups -OCH3 is 3. The van der Waals surface area contributed by atoms with Gasteiger partial charge in [0.15, 0.2) is 18.1 Å². The minimum absolute atomic E-state index is 0.194. The molecule has 6 nitrogen and oxygen atoms in total. The first kappa shape index (κ1) is 21.6. The van der Waals surface area contributed by atoms with Crippen molar-refractivity contribution >= 4 is 41.0 Å². The van der Waals surface area contributed by atoms with E-state index in [1.807, 2.05) is 0 Å². The summed E-state index contributed by atoms with van der Waals surface area (Å²) in [6.07, 6.45) is 2.67. The first-order valence-corrected chi connectivity index (χ1v) is 8.78. The SMILES string of the molecule is COc1cc(OC)c(OC)cc1/C=C/C(=O)OCC(=O)c1ccc(Cl)cc1Cl. The van der Waals surface area contributed by atoms with Crippen LogP contribution < -0.4 is 14.2 Å². The van der Waals surface area contributed by atoms with Gasteiger partial charge in [0.05, 0.1) is 26.4 Å². The standard InChI is InChI=1S/C20H18Cl2O6/c1-25-17-10-19(27-3)18(26-2)8-12(17)4-7-20(24)28-11-16(23)14-6-5-13(21)9-15(14)22/h4-10H,11H2,1-3H3/b7-4+. The van der Waals surface area contributed by atoms with Gasteiger partial charge < -0.3 is 18.9 Å². The van der Waals surface area contributed by atoms with Gasteiger partial charge in [-0.2, -0.15) is 0 Å². The fourth-order valence-electron chi connectivity index (χ4n) is 2.32. The molecule has 0 amide bonds. The largest absolute Gasteiger partial charge is 0.496 e. The Kier molecular flexibility index (Phi) is 7.72. The molecule has 0 aromatic heterocycles. The van der Waals surface area contributed by atoms with E-state index in [4.69, 9.17) is 42.1 Å². The third kappa shape index (κ3) is 5.41. The zero-order valence-corrected chi connectivity index (χ0v) is 17.0. The summed E-state index contributed by atoms with van der Waals surface area (Å²) in [7, 11) is 4.50. The summed E-state index contributed by atoms with van der Waals surface area (Å²) in [5.74, 6) is 0.307. The average molecular weight is 425 g/mol. The Bertz CT molecular complexity index is 908. The number of ketones is 1. The van der Waals surface area contributed by atoms with E-state index in [2.05, 4.69) is 0 Å². The zero-order valence-electron chi connectivity index (χ0n) is 15.5. The summed E-state index contributed by atoms with van der Waals surface area (Å²) in [6.45, 7) is -0.451. The molecule has 2 aromatic carbocycles. The van der Waals surface area contributed by atoms with Crippen LogP contribution in [0.5, 0.6) is 17.2 Å². The molecule has 8 heteroatoms. The van der Waals surface area contributed by atoms with Crippen LogP contribution in [0.25, 0.3) is 6.08 Å². The normalized spacial score (nSPS) is 10.6. The molecule has 2 aromatic rings. The summed E-state index contributed by atoms with van der Waals surface area (Å²) < 4.78 is 20.7. The van der Waals surface area contributed by atoms with Crippen molar-refractivity contribution in [3.05, 3.63) is 57.6 Å². The van der Waals surface area contributed by atoms with Gasteiger partial charge in [-0.05, 0) is 30.3 Å². The maximum atomic E-state index is 12.1. The molecule has 0 saturated heterocycles. The topological polar surface area (TPSA) is 71.1 Å². The third-order valence-corrected chi connectivity index (χ3v) is 4.26. The van der Waals surface area contributed by atoms with E-state index in [0.29, 0.717) is 27.8 Å². The molecule has 0 unspecified atom stereocenters. The van der Waals surface area contributed by atoms with Crippen LogP contribution in [0.4, 0.5) is 0 Å². The molecule has 0 heterocycles. The van der Waals surface area contributed by atoms with Crippen LogP contribution in [-0.4, -0.2) is 39.7 Å². The van der Waals surface area contributed by atoms with Crippen molar-refractivity contribution in [2.24, 2.45) is 0 Å². The predicted octanol–water partition coefficient (Wildman–Crippen LogP) is 4.46. The predicted molar refractivity (Wildman–Crippen MR) is 107 cm³/mol. The van der Waals surface area contributed by atoms with Crippen molar-refractivity contribution in [2.45, 2.75) is 0 Å². The molecule has 2 rings (SSSR count). The number of hydrogen-bond acceptors (Lipinski definition) is 6. The smallest absolute Gasteiger partial charge is 0.331 e. The maximum absolute atomic E-state index is 12.1. The Labute approximate surface area is 172 Å². The Balaban J connectivity index is 2.06. The lowest BCUT2D eigenvalue weighted by Gasteiger charge is -2.12. The number of rotatable bonds is 8. The van der Waals surface area contributed by atoms with Crippen LogP contribution in [-0.2, 0) is 9.53 Å². The van der Waals surface area contributed by atoms with Crippen molar-refractivity contribution in [3.8, 4) is 17.2 Å². The van der Waals surface area contributed by atoms with Crippen LogP contribution in [0, 0.1) is 0 Å². The molecule has 0 radical (unpaired) electrons. The summed E-state index contributed by atoms with van der Waals surface area (Å²) >= 11 is 11.8. The van der Waals surface area contributed by atoms with Crippen LogP contribution in [0.3, 0.4) is 0 Å². The molecule has 28 heavy (non-hydrogen) atoms. The fraction of sp³-hybridized carbons (Fsp3) is 0.200. The molecular weight excluding hydrogens is 407 g/mol. The van der Waals surface area contributed by atoms with Gasteiger partial charge in [-0.15, -0.1) is 0 Å². The number of Topliss-reactive ketones (excluding diaryl/α,β-unsaturated/α-hetero) is 1. The molecular formula is C20H18Cl2O6. The molecule has 148 valence electrons. The number of esters is 1. The lowest BCUT2D eigenvalue weighted by Crippen LogP contribution is -2.13. The molecule has 0 bridgehead atoms. The van der Waals surface area contributed by atoms with Gasteiger partial charge in [-0.1, -0.05) is 23.2 Å². The van der Waals surface area contributed by atoms with E-state index in [9.17, 15) is 9.59 Å².